The Bertz CT molecular complexity index is 815. The lowest BCUT2D eigenvalue weighted by Crippen LogP contribution is -2.02. The summed E-state index contributed by atoms with van der Waals surface area (Å²) in [5.41, 5.74) is 2.00. The van der Waals surface area contributed by atoms with Crippen LogP contribution in [0.15, 0.2) is 40.0 Å². The fourth-order valence-corrected chi connectivity index (χ4v) is 3.54. The number of nitro groups is 1. The van der Waals surface area contributed by atoms with Crippen molar-refractivity contribution >= 4 is 28.1 Å². The van der Waals surface area contributed by atoms with Gasteiger partial charge in [-0.05, 0) is 51.6 Å². The average Bonchev–Trinajstić information content (AvgIpc) is 3.17. The van der Waals surface area contributed by atoms with E-state index >= 15 is 0 Å². The summed E-state index contributed by atoms with van der Waals surface area (Å²) in [6.45, 7) is 2.06. The number of thiazole rings is 1. The maximum atomic E-state index is 10.7. The number of benzene rings is 1. The molecule has 2 heterocycles. The van der Waals surface area contributed by atoms with Gasteiger partial charge in [0.2, 0.25) is 5.16 Å². The predicted octanol–water partition coefficient (Wildman–Crippen LogP) is 2.74. The Labute approximate surface area is 133 Å². The molecule has 0 atom stereocenters. The van der Waals surface area contributed by atoms with Crippen molar-refractivity contribution in [1.82, 2.24) is 25.2 Å². The molecular formula is C12H10N6O2S2. The number of tetrazole rings is 1. The molecule has 0 saturated carbocycles. The summed E-state index contributed by atoms with van der Waals surface area (Å²) in [6.07, 6.45) is 2.09. The van der Waals surface area contributed by atoms with Crippen LogP contribution in [0.1, 0.15) is 12.5 Å². The zero-order valence-corrected chi connectivity index (χ0v) is 13.0. The van der Waals surface area contributed by atoms with Gasteiger partial charge in [0.1, 0.15) is 6.20 Å². The highest BCUT2D eigenvalue weighted by Crippen LogP contribution is 2.33. The zero-order chi connectivity index (χ0) is 15.5. The van der Waals surface area contributed by atoms with E-state index in [1.54, 1.807) is 4.68 Å². The first-order valence-electron chi connectivity index (χ1n) is 6.33. The van der Waals surface area contributed by atoms with Crippen LogP contribution in [-0.4, -0.2) is 30.1 Å². The molecule has 0 aliphatic rings. The van der Waals surface area contributed by atoms with Crippen LogP contribution in [0.25, 0.3) is 5.69 Å². The predicted molar refractivity (Wildman–Crippen MR) is 81.4 cm³/mol. The molecule has 112 valence electrons. The minimum atomic E-state index is -0.461. The van der Waals surface area contributed by atoms with Gasteiger partial charge in [-0.15, -0.1) is 5.10 Å². The number of hydrogen-bond acceptors (Lipinski definition) is 8. The minimum absolute atomic E-state index is 0.00418. The third kappa shape index (κ3) is 2.83. The largest absolute Gasteiger partial charge is 0.344 e. The van der Waals surface area contributed by atoms with Gasteiger partial charge in [-0.25, -0.2) is 4.98 Å². The van der Waals surface area contributed by atoms with E-state index in [0.717, 1.165) is 29.0 Å². The van der Waals surface area contributed by atoms with Gasteiger partial charge in [0.15, 0.2) is 4.34 Å². The molecule has 10 heteroatoms. The zero-order valence-electron chi connectivity index (χ0n) is 11.4. The van der Waals surface area contributed by atoms with E-state index < -0.39 is 4.92 Å². The van der Waals surface area contributed by atoms with Crippen LogP contribution in [0, 0.1) is 10.1 Å². The van der Waals surface area contributed by atoms with Gasteiger partial charge >= 0.3 is 5.00 Å². The van der Waals surface area contributed by atoms with Crippen molar-refractivity contribution in [3.05, 3.63) is 46.1 Å². The lowest BCUT2D eigenvalue weighted by atomic mass is 10.1. The maximum Gasteiger partial charge on any atom is 0.344 e. The Morgan fingerprint density at radius 2 is 2.23 bits per heavy atom. The number of aryl methyl sites for hydroxylation is 1. The smallest absolute Gasteiger partial charge is 0.257 e. The van der Waals surface area contributed by atoms with E-state index in [1.165, 1.54) is 18.0 Å². The average molecular weight is 334 g/mol. The molecule has 0 spiro atoms. The Kier molecular flexibility index (Phi) is 4.11. The highest BCUT2D eigenvalue weighted by atomic mass is 32.2. The topological polar surface area (TPSA) is 99.6 Å². The highest BCUT2D eigenvalue weighted by Gasteiger charge is 2.17. The van der Waals surface area contributed by atoms with Crippen molar-refractivity contribution in [3.63, 3.8) is 0 Å². The van der Waals surface area contributed by atoms with Crippen molar-refractivity contribution in [2.75, 3.05) is 0 Å². The third-order valence-electron chi connectivity index (χ3n) is 2.87. The number of aromatic nitrogens is 5. The maximum absolute atomic E-state index is 10.7. The van der Waals surface area contributed by atoms with Crippen molar-refractivity contribution < 1.29 is 4.92 Å². The molecule has 22 heavy (non-hydrogen) atoms. The molecule has 0 N–H and O–H groups in total. The second-order valence-corrected chi connectivity index (χ2v) is 6.40. The normalized spacial score (nSPS) is 10.8. The van der Waals surface area contributed by atoms with Gasteiger partial charge in [-0.1, -0.05) is 25.1 Å². The Morgan fingerprint density at radius 3 is 2.95 bits per heavy atom. The Morgan fingerprint density at radius 1 is 1.41 bits per heavy atom. The number of hydrogen-bond donors (Lipinski definition) is 0. The van der Waals surface area contributed by atoms with E-state index in [1.807, 2.05) is 24.3 Å². The molecule has 0 aliphatic heterocycles. The summed E-state index contributed by atoms with van der Waals surface area (Å²) in [6, 6.07) is 7.83. The summed E-state index contributed by atoms with van der Waals surface area (Å²) in [5.74, 6) is 0. The summed E-state index contributed by atoms with van der Waals surface area (Å²) in [5, 5.41) is 22.9. The van der Waals surface area contributed by atoms with Gasteiger partial charge in [0.05, 0.1) is 10.6 Å². The van der Waals surface area contributed by atoms with Crippen LogP contribution in [-0.2, 0) is 6.42 Å². The number of rotatable bonds is 5. The lowest BCUT2D eigenvalue weighted by molar-refractivity contribution is -0.380. The Hall–Kier alpha value is -2.33. The monoisotopic (exact) mass is 334 g/mol. The second kappa shape index (κ2) is 6.20. The molecule has 2 aromatic heterocycles. The molecule has 0 saturated heterocycles. The lowest BCUT2D eigenvalue weighted by Gasteiger charge is -2.07. The van der Waals surface area contributed by atoms with Crippen LogP contribution in [0.2, 0.25) is 0 Å². The summed E-state index contributed by atoms with van der Waals surface area (Å²) < 4.78 is 2.15. The minimum Gasteiger partial charge on any atom is -0.257 e. The summed E-state index contributed by atoms with van der Waals surface area (Å²) in [7, 11) is 0. The summed E-state index contributed by atoms with van der Waals surface area (Å²) >= 11 is 2.20. The fourth-order valence-electron chi connectivity index (χ4n) is 1.87. The molecule has 3 rings (SSSR count). The second-order valence-electron chi connectivity index (χ2n) is 4.18. The number of nitrogens with zero attached hydrogens (tertiary/aromatic N) is 6. The van der Waals surface area contributed by atoms with Gasteiger partial charge in [0, 0.05) is 0 Å². The van der Waals surface area contributed by atoms with Crippen LogP contribution >= 0.6 is 23.1 Å². The van der Waals surface area contributed by atoms with Crippen molar-refractivity contribution in [1.29, 1.82) is 0 Å². The number of para-hydroxylation sites is 1. The fraction of sp³-hybridized carbons (Fsp3) is 0.167. The molecule has 0 aliphatic carbocycles. The SMILES string of the molecule is CCc1ccccc1-n1nnnc1Sc1ncc([N+](=O)[O-])s1. The molecule has 0 amide bonds. The standard InChI is InChI=1S/C12H10N6O2S2/c1-2-8-5-3-4-6-9(8)17-11(14-15-16-17)22-12-13-7-10(21-12)18(19)20/h3-7H,2H2,1H3. The van der Waals surface area contributed by atoms with Gasteiger partial charge < -0.3 is 0 Å². The van der Waals surface area contributed by atoms with Crippen molar-refractivity contribution in [3.8, 4) is 5.69 Å². The molecule has 0 fully saturated rings. The van der Waals surface area contributed by atoms with E-state index in [0.29, 0.717) is 9.50 Å². The molecule has 1 aromatic carbocycles. The van der Waals surface area contributed by atoms with Crippen LogP contribution in [0.4, 0.5) is 5.00 Å². The molecule has 0 radical (unpaired) electrons. The third-order valence-corrected chi connectivity index (χ3v) is 4.83. The first-order chi connectivity index (χ1) is 10.7. The van der Waals surface area contributed by atoms with Crippen molar-refractivity contribution in [2.24, 2.45) is 0 Å². The van der Waals surface area contributed by atoms with Crippen LogP contribution < -0.4 is 0 Å². The van der Waals surface area contributed by atoms with E-state index in [4.69, 9.17) is 0 Å². The van der Waals surface area contributed by atoms with E-state index in [9.17, 15) is 10.1 Å². The molecule has 8 nitrogen and oxygen atoms in total. The molecule has 0 unspecified atom stereocenters. The van der Waals surface area contributed by atoms with Crippen LogP contribution in [0.3, 0.4) is 0 Å². The van der Waals surface area contributed by atoms with Crippen LogP contribution in [0.5, 0.6) is 0 Å². The molecule has 0 bridgehead atoms. The van der Waals surface area contributed by atoms with Crippen molar-refractivity contribution in [2.45, 2.75) is 22.8 Å². The van der Waals surface area contributed by atoms with E-state index in [-0.39, 0.29) is 5.00 Å². The van der Waals surface area contributed by atoms with Gasteiger partial charge in [-0.2, -0.15) is 4.68 Å². The summed E-state index contributed by atoms with van der Waals surface area (Å²) in [4.78, 5) is 14.3. The Balaban J connectivity index is 1.93. The first kappa shape index (κ1) is 14.6. The highest BCUT2D eigenvalue weighted by molar-refractivity contribution is 8.00. The quantitative estimate of drug-likeness (QED) is 0.522. The molecule has 3 aromatic rings. The molecular weight excluding hydrogens is 324 g/mol. The van der Waals surface area contributed by atoms with E-state index in [2.05, 4.69) is 27.4 Å². The van der Waals surface area contributed by atoms with Gasteiger partial charge in [0.25, 0.3) is 0 Å². The van der Waals surface area contributed by atoms with Gasteiger partial charge in [-0.3, -0.25) is 10.1 Å². The first-order valence-corrected chi connectivity index (χ1v) is 7.97.